The number of ether oxygens (including phenoxy) is 2. The van der Waals surface area contributed by atoms with Crippen molar-refractivity contribution in [2.45, 2.75) is 24.8 Å². The van der Waals surface area contributed by atoms with Crippen LogP contribution in [-0.4, -0.2) is 71.0 Å². The number of sulfonamides is 1. The summed E-state index contributed by atoms with van der Waals surface area (Å²) in [5.41, 5.74) is -0.721. The second-order valence-electron chi connectivity index (χ2n) is 9.85. The highest BCUT2D eigenvalue weighted by atomic mass is 32.2. The number of rotatable bonds is 11. The van der Waals surface area contributed by atoms with Crippen LogP contribution in [0.25, 0.3) is 0 Å². The lowest BCUT2D eigenvalue weighted by Crippen LogP contribution is -2.34. The van der Waals surface area contributed by atoms with E-state index < -0.39 is 41.9 Å². The molecule has 2 aliphatic heterocycles. The van der Waals surface area contributed by atoms with Crippen LogP contribution in [0.1, 0.15) is 17.5 Å². The van der Waals surface area contributed by atoms with Gasteiger partial charge in [0.05, 0.1) is 39.4 Å². The van der Waals surface area contributed by atoms with Crippen LogP contribution in [-0.2, 0) is 31.1 Å². The first-order chi connectivity index (χ1) is 18.4. The van der Waals surface area contributed by atoms with E-state index in [1.54, 1.807) is 19.2 Å². The van der Waals surface area contributed by atoms with Crippen molar-refractivity contribution < 1.29 is 31.2 Å². The zero-order valence-electron chi connectivity index (χ0n) is 21.6. The Kier molecular flexibility index (Phi) is 8.17. The molecule has 0 bridgehead atoms. The molecule has 0 spiro atoms. The minimum atomic E-state index is -4.22. The van der Waals surface area contributed by atoms with Gasteiger partial charge in [0.1, 0.15) is 11.4 Å². The Balaban J connectivity index is 1.51. The fourth-order valence-corrected chi connectivity index (χ4v) is 9.29. The Labute approximate surface area is 227 Å². The van der Waals surface area contributed by atoms with Gasteiger partial charge < -0.3 is 14.8 Å². The van der Waals surface area contributed by atoms with E-state index in [-0.39, 0.29) is 47.2 Å². The molecule has 0 radical (unpaired) electrons. The van der Waals surface area contributed by atoms with Gasteiger partial charge >= 0.3 is 0 Å². The molecule has 2 fully saturated rings. The first-order valence-corrected chi connectivity index (χ1v) is 15.5. The minimum absolute atomic E-state index is 0.0412. The van der Waals surface area contributed by atoms with Crippen molar-refractivity contribution in [1.82, 2.24) is 4.31 Å². The number of nitrogens with one attached hydrogen (secondary N) is 1. The zero-order valence-corrected chi connectivity index (χ0v) is 23.3. The maximum atomic E-state index is 13.5. The van der Waals surface area contributed by atoms with Gasteiger partial charge in [-0.1, -0.05) is 12.1 Å². The van der Waals surface area contributed by atoms with Crippen molar-refractivity contribution in [2.75, 3.05) is 50.2 Å². The first-order valence-electron chi connectivity index (χ1n) is 12.3. The lowest BCUT2D eigenvalue weighted by atomic mass is 9.83. The van der Waals surface area contributed by atoms with Crippen molar-refractivity contribution in [3.8, 4) is 11.8 Å². The molecule has 4 rings (SSSR count). The highest BCUT2D eigenvalue weighted by Crippen LogP contribution is 2.46. The molecule has 2 aromatic carbocycles. The van der Waals surface area contributed by atoms with Gasteiger partial charge in [-0.15, -0.1) is 0 Å². The second kappa shape index (κ2) is 11.1. The average molecular weight is 579 g/mol. The quantitative estimate of drug-likeness (QED) is 0.237. The summed E-state index contributed by atoms with van der Waals surface area (Å²) in [6, 6.07) is 11.9. The van der Waals surface area contributed by atoms with Crippen LogP contribution >= 0.6 is 0 Å². The minimum Gasteiger partial charge on any atom is -0.494 e. The number of sulfone groups is 1. The van der Waals surface area contributed by atoms with E-state index in [4.69, 9.17) is 9.47 Å². The molecule has 0 aliphatic carbocycles. The Morgan fingerprint density at radius 2 is 1.95 bits per heavy atom. The van der Waals surface area contributed by atoms with Crippen molar-refractivity contribution in [3.63, 3.8) is 0 Å². The number of nitro benzene ring substituents is 1. The van der Waals surface area contributed by atoms with Crippen LogP contribution in [0.2, 0.25) is 0 Å². The number of fused-ring (bicyclic) bond motifs is 1. The zero-order chi connectivity index (χ0) is 28.4. The second-order valence-corrected chi connectivity index (χ2v) is 13.9. The molecule has 0 amide bonds. The highest BCUT2D eigenvalue weighted by Gasteiger charge is 2.58. The summed E-state index contributed by atoms with van der Waals surface area (Å²) in [5.74, 6) is -0.597. The molecule has 2 aromatic rings. The van der Waals surface area contributed by atoms with E-state index in [1.165, 1.54) is 19.1 Å². The Bertz CT molecular complexity index is 1500. The molecule has 0 saturated carbocycles. The molecule has 14 heteroatoms. The van der Waals surface area contributed by atoms with Crippen LogP contribution in [0.3, 0.4) is 0 Å². The molecule has 2 saturated heterocycles. The van der Waals surface area contributed by atoms with E-state index in [2.05, 4.69) is 5.32 Å². The van der Waals surface area contributed by atoms with Gasteiger partial charge in [0.25, 0.3) is 5.69 Å². The van der Waals surface area contributed by atoms with Gasteiger partial charge in [-0.25, -0.2) is 16.8 Å². The van der Waals surface area contributed by atoms with Crippen LogP contribution in [0.5, 0.6) is 5.75 Å². The van der Waals surface area contributed by atoms with Crippen LogP contribution < -0.4 is 10.1 Å². The first kappa shape index (κ1) is 28.8. The van der Waals surface area contributed by atoms with Gasteiger partial charge in [0, 0.05) is 51.3 Å². The maximum Gasteiger partial charge on any atom is 0.296 e. The summed E-state index contributed by atoms with van der Waals surface area (Å²) in [6.07, 6.45) is 0.758. The number of benzene rings is 2. The van der Waals surface area contributed by atoms with Gasteiger partial charge in [0.15, 0.2) is 9.84 Å². The molecule has 210 valence electrons. The molecule has 0 aromatic heterocycles. The Morgan fingerprint density at radius 1 is 1.23 bits per heavy atom. The van der Waals surface area contributed by atoms with Crippen molar-refractivity contribution in [3.05, 3.63) is 57.6 Å². The maximum absolute atomic E-state index is 13.5. The summed E-state index contributed by atoms with van der Waals surface area (Å²) >= 11 is 0. The predicted octanol–water partition coefficient (Wildman–Crippen LogP) is 2.49. The molecule has 2 aliphatic rings. The van der Waals surface area contributed by atoms with Gasteiger partial charge in [0.2, 0.25) is 10.0 Å². The van der Waals surface area contributed by atoms with Crippen LogP contribution in [0.15, 0.2) is 41.3 Å². The molecule has 12 nitrogen and oxygen atoms in total. The lowest BCUT2D eigenvalue weighted by molar-refractivity contribution is -0.384. The van der Waals surface area contributed by atoms with Gasteiger partial charge in [-0.3, -0.25) is 10.1 Å². The van der Waals surface area contributed by atoms with Gasteiger partial charge in [-0.2, -0.15) is 9.57 Å². The number of anilines is 1. The number of hydrogen-bond acceptors (Lipinski definition) is 10. The fourth-order valence-electron chi connectivity index (χ4n) is 5.18. The molecule has 1 N–H and O–H groups in total. The highest BCUT2D eigenvalue weighted by molar-refractivity contribution is 7.91. The van der Waals surface area contributed by atoms with E-state index in [0.29, 0.717) is 19.0 Å². The molecule has 39 heavy (non-hydrogen) atoms. The van der Waals surface area contributed by atoms with Crippen LogP contribution in [0, 0.1) is 39.7 Å². The van der Waals surface area contributed by atoms with E-state index in [1.807, 2.05) is 18.2 Å². The number of nitriles is 1. The largest absolute Gasteiger partial charge is 0.494 e. The summed E-state index contributed by atoms with van der Waals surface area (Å²) in [7, 11) is -6.03. The van der Waals surface area contributed by atoms with Gasteiger partial charge in [-0.05, 0) is 36.8 Å². The van der Waals surface area contributed by atoms with Crippen molar-refractivity contribution in [1.29, 1.82) is 5.26 Å². The third-order valence-electron chi connectivity index (χ3n) is 7.17. The summed E-state index contributed by atoms with van der Waals surface area (Å²) in [6.45, 7) is 2.34. The SMILES string of the molecule is COCCCOc1ccc(CNc2ccc(S(=O)(=O)N3C[C@@H]4CS(=O)(=O)C[C@]4(C#N)C3)c(C)c2[N+](=O)[O-])cc1. The summed E-state index contributed by atoms with van der Waals surface area (Å²) in [4.78, 5) is 11.1. The lowest BCUT2D eigenvalue weighted by Gasteiger charge is -2.21. The molecule has 0 unspecified atom stereocenters. The molecule has 2 heterocycles. The third-order valence-corrected chi connectivity index (χ3v) is 11.0. The Morgan fingerprint density at radius 3 is 2.56 bits per heavy atom. The third kappa shape index (κ3) is 5.86. The normalized spacial score (nSPS) is 22.2. The standard InChI is InChI=1S/C25H30N4O8S2/c1-18-23(39(34,35)28-13-20-14-38(32,33)17-25(20,15-26)16-28)9-8-22(24(18)29(30)31)27-12-19-4-6-21(7-5-19)37-11-3-10-36-2/h4-9,20,27H,3,10-14,16-17H2,1-2H3/t20-,25+/m1/s1. The van der Waals surface area contributed by atoms with E-state index in [9.17, 15) is 32.2 Å². The van der Waals surface area contributed by atoms with E-state index in [0.717, 1.165) is 16.3 Å². The smallest absolute Gasteiger partial charge is 0.296 e. The molecule has 2 atom stereocenters. The Hall–Kier alpha value is -3.25. The van der Waals surface area contributed by atoms with Crippen molar-refractivity contribution in [2.24, 2.45) is 11.3 Å². The topological polar surface area (TPSA) is 169 Å². The number of hydrogen-bond donors (Lipinski definition) is 1. The number of nitro groups is 1. The average Bonchev–Trinajstić information content (AvgIpc) is 3.35. The molecular weight excluding hydrogens is 548 g/mol. The summed E-state index contributed by atoms with van der Waals surface area (Å²) in [5, 5.41) is 24.7. The van der Waals surface area contributed by atoms with E-state index >= 15 is 0 Å². The van der Waals surface area contributed by atoms with Crippen LogP contribution in [0.4, 0.5) is 11.4 Å². The monoisotopic (exact) mass is 578 g/mol. The van der Waals surface area contributed by atoms with Crippen molar-refractivity contribution >= 4 is 31.2 Å². The number of nitrogens with zero attached hydrogens (tertiary/aromatic N) is 3. The molecular formula is C25H30N4O8S2. The fraction of sp³-hybridized carbons (Fsp3) is 0.480. The number of methoxy groups -OCH3 is 1. The predicted molar refractivity (Wildman–Crippen MR) is 143 cm³/mol. The summed E-state index contributed by atoms with van der Waals surface area (Å²) < 4.78 is 62.9.